The fraction of sp³-hybridized carbons (Fsp3) is 0.222. The van der Waals surface area contributed by atoms with Gasteiger partial charge in [-0.05, 0) is 42.8 Å². The van der Waals surface area contributed by atoms with E-state index in [2.05, 4.69) is 5.32 Å². The van der Waals surface area contributed by atoms with Gasteiger partial charge in [0.15, 0.2) is 0 Å². The molecule has 1 amide bonds. The number of rotatable bonds is 5. The molecule has 174 valence electrons. The van der Waals surface area contributed by atoms with Gasteiger partial charge in [0.05, 0.1) is 11.6 Å². The van der Waals surface area contributed by atoms with Crippen LogP contribution in [0.3, 0.4) is 0 Å². The monoisotopic (exact) mass is 458 g/mol. The van der Waals surface area contributed by atoms with Crippen LogP contribution in [0.4, 0.5) is 5.69 Å². The number of carbonyl (C=O) groups is 2. The first kappa shape index (κ1) is 23.0. The fourth-order valence-electron chi connectivity index (χ4n) is 4.06. The van der Waals surface area contributed by atoms with Crippen molar-refractivity contribution in [2.45, 2.75) is 6.92 Å². The summed E-state index contributed by atoms with van der Waals surface area (Å²) >= 11 is 0. The third-order valence-corrected chi connectivity index (χ3v) is 5.84. The van der Waals surface area contributed by atoms with Crippen molar-refractivity contribution < 1.29 is 19.1 Å². The summed E-state index contributed by atoms with van der Waals surface area (Å²) in [6, 6.07) is 16.6. The van der Waals surface area contributed by atoms with Crippen LogP contribution < -0.4 is 20.1 Å². The van der Waals surface area contributed by atoms with Crippen molar-refractivity contribution >= 4 is 28.5 Å². The maximum atomic E-state index is 12.4. The number of nitrogens with zero attached hydrogens (tertiary/aromatic N) is 2. The Bertz CT molecular complexity index is 1460. The lowest BCUT2D eigenvalue weighted by molar-refractivity contribution is 0.0697. The van der Waals surface area contributed by atoms with Gasteiger partial charge in [0, 0.05) is 60.5 Å². The molecule has 2 N–H and O–H groups in total. The Kier molecular flexibility index (Phi) is 6.11. The zero-order valence-electron chi connectivity index (χ0n) is 20.0. The summed E-state index contributed by atoms with van der Waals surface area (Å²) in [7, 11) is 7.82. The topological polar surface area (TPSA) is 85.8 Å². The summed E-state index contributed by atoms with van der Waals surface area (Å²) in [6.45, 7) is 2.28. The van der Waals surface area contributed by atoms with Crippen molar-refractivity contribution in [1.82, 2.24) is 9.89 Å². The van der Waals surface area contributed by atoms with E-state index in [-0.39, 0.29) is 11.5 Å². The number of hydrogen-bond acceptors (Lipinski definition) is 4. The predicted octanol–water partition coefficient (Wildman–Crippen LogP) is 3.75. The lowest BCUT2D eigenvalue weighted by atomic mass is 9.89. The van der Waals surface area contributed by atoms with Crippen LogP contribution in [0.15, 0.2) is 59.0 Å². The van der Waals surface area contributed by atoms with Crippen LogP contribution in [-0.2, 0) is 0 Å². The number of amides is 1. The number of nitrogens with one attached hydrogen (secondary N) is 1. The lowest BCUT2D eigenvalue weighted by Crippen LogP contribution is -2.23. The second-order valence-corrected chi connectivity index (χ2v) is 8.55. The molecule has 0 saturated heterocycles. The summed E-state index contributed by atoms with van der Waals surface area (Å²) < 4.78 is 8.30. The molecule has 0 fully saturated rings. The van der Waals surface area contributed by atoms with Gasteiger partial charge < -0.3 is 19.7 Å². The molecule has 34 heavy (non-hydrogen) atoms. The van der Waals surface area contributed by atoms with E-state index >= 15 is 0 Å². The third-order valence-electron chi connectivity index (χ3n) is 5.84. The van der Waals surface area contributed by atoms with Crippen LogP contribution in [0.5, 0.6) is 0 Å². The highest BCUT2D eigenvalue weighted by Gasteiger charge is 2.23. The van der Waals surface area contributed by atoms with Gasteiger partial charge >= 0.3 is 5.97 Å². The Labute approximate surface area is 197 Å². The zero-order chi connectivity index (χ0) is 24.6. The number of aromatic carboxylic acids is 1. The van der Waals surface area contributed by atoms with Crippen molar-refractivity contribution in [2.24, 2.45) is 0 Å². The van der Waals surface area contributed by atoms with Gasteiger partial charge in [0.2, 0.25) is 5.36 Å². The van der Waals surface area contributed by atoms with Crippen molar-refractivity contribution in [2.75, 3.05) is 39.6 Å². The highest BCUT2D eigenvalue weighted by atomic mass is 16.4. The highest BCUT2D eigenvalue weighted by molar-refractivity contribution is 6.09. The van der Waals surface area contributed by atoms with E-state index in [1.54, 1.807) is 12.1 Å². The van der Waals surface area contributed by atoms with Gasteiger partial charge in [-0.2, -0.15) is 0 Å². The van der Waals surface area contributed by atoms with E-state index < -0.39 is 5.97 Å². The standard InChI is InChI=1S/C27H27N3O4/c1-6-28-26(31)16-7-10-19(22(13-16)27(32)33)25-20-11-8-17(29(2)3)14-23(20)34-24-15-18(30(4)5)9-12-21(24)25/h7-15H,6H2,1-5H3,(H-,28,31,32,33)/p+1. The maximum Gasteiger partial charge on any atom is 0.336 e. The minimum Gasteiger partial charge on any atom is -0.478 e. The molecular weight excluding hydrogens is 430 g/mol. The molecule has 2 aromatic carbocycles. The molecule has 0 atom stereocenters. The first-order valence-electron chi connectivity index (χ1n) is 11.1. The SMILES string of the molecule is CCNC(=O)c1ccc(-c2c3ccc(=[N+](C)C)cc-3oc3cc(N(C)C)ccc23)c(C(=O)O)c1. The molecule has 1 aliphatic carbocycles. The van der Waals surface area contributed by atoms with Crippen LogP contribution in [0.1, 0.15) is 27.6 Å². The Balaban J connectivity index is 2.10. The first-order chi connectivity index (χ1) is 16.2. The fourth-order valence-corrected chi connectivity index (χ4v) is 4.06. The minimum absolute atomic E-state index is 0.0610. The highest BCUT2D eigenvalue weighted by Crippen LogP contribution is 2.42. The summed E-state index contributed by atoms with van der Waals surface area (Å²) in [6.07, 6.45) is 0. The van der Waals surface area contributed by atoms with Gasteiger partial charge in [0.25, 0.3) is 5.91 Å². The van der Waals surface area contributed by atoms with Gasteiger partial charge in [-0.3, -0.25) is 4.79 Å². The average Bonchev–Trinajstić information content (AvgIpc) is 2.81. The molecular formula is C27H28N3O4+. The van der Waals surface area contributed by atoms with E-state index in [0.717, 1.165) is 27.6 Å². The molecule has 0 radical (unpaired) electrons. The molecule has 0 aromatic heterocycles. The zero-order valence-corrected chi connectivity index (χ0v) is 20.0. The molecule has 0 bridgehead atoms. The number of anilines is 1. The van der Waals surface area contributed by atoms with E-state index in [0.29, 0.717) is 29.0 Å². The van der Waals surface area contributed by atoms with Crippen molar-refractivity contribution in [3.05, 3.63) is 71.1 Å². The summed E-state index contributed by atoms with van der Waals surface area (Å²) in [4.78, 5) is 26.7. The van der Waals surface area contributed by atoms with Gasteiger partial charge in [-0.15, -0.1) is 0 Å². The van der Waals surface area contributed by atoms with E-state index in [1.807, 2.05) is 81.0 Å². The molecule has 2 aliphatic rings. The Morgan fingerprint density at radius 2 is 1.74 bits per heavy atom. The van der Waals surface area contributed by atoms with Crippen LogP contribution >= 0.6 is 0 Å². The maximum absolute atomic E-state index is 12.4. The molecule has 4 rings (SSSR count). The van der Waals surface area contributed by atoms with Crippen molar-refractivity contribution in [3.8, 4) is 22.5 Å². The molecule has 7 heteroatoms. The smallest absolute Gasteiger partial charge is 0.336 e. The van der Waals surface area contributed by atoms with Crippen LogP contribution in [0.2, 0.25) is 0 Å². The predicted molar refractivity (Wildman–Crippen MR) is 135 cm³/mol. The molecule has 0 saturated carbocycles. The Morgan fingerprint density at radius 3 is 2.38 bits per heavy atom. The van der Waals surface area contributed by atoms with Gasteiger partial charge in [0.1, 0.15) is 25.4 Å². The number of carboxylic acids is 1. The largest absolute Gasteiger partial charge is 0.478 e. The van der Waals surface area contributed by atoms with Gasteiger partial charge in [-0.1, -0.05) is 6.07 Å². The third kappa shape index (κ3) is 4.12. The minimum atomic E-state index is -1.10. The summed E-state index contributed by atoms with van der Waals surface area (Å²) in [5.74, 6) is -0.757. The van der Waals surface area contributed by atoms with Crippen molar-refractivity contribution in [1.29, 1.82) is 0 Å². The second-order valence-electron chi connectivity index (χ2n) is 8.55. The number of benzene rings is 3. The van der Waals surface area contributed by atoms with Gasteiger partial charge in [-0.25, -0.2) is 9.37 Å². The lowest BCUT2D eigenvalue weighted by Gasteiger charge is -2.19. The normalized spacial score (nSPS) is 11.0. The van der Waals surface area contributed by atoms with E-state index in [1.165, 1.54) is 6.07 Å². The molecule has 7 nitrogen and oxygen atoms in total. The molecule has 2 aromatic rings. The summed E-state index contributed by atoms with van der Waals surface area (Å²) in [5.41, 5.74) is 4.06. The molecule has 0 unspecified atom stereocenters. The van der Waals surface area contributed by atoms with E-state index in [4.69, 9.17) is 4.42 Å². The number of hydrogen-bond donors (Lipinski definition) is 2. The molecule has 0 spiro atoms. The van der Waals surface area contributed by atoms with Crippen LogP contribution in [-0.4, -0.2) is 51.7 Å². The Morgan fingerprint density at radius 1 is 1.00 bits per heavy atom. The number of carbonyl (C=O) groups excluding carboxylic acids is 1. The van der Waals surface area contributed by atoms with E-state index in [9.17, 15) is 14.7 Å². The van der Waals surface area contributed by atoms with Crippen LogP contribution in [0, 0.1) is 0 Å². The molecule has 1 heterocycles. The summed E-state index contributed by atoms with van der Waals surface area (Å²) in [5, 5.41) is 14.6. The molecule has 1 aliphatic heterocycles. The quantitative estimate of drug-likeness (QED) is 0.351. The van der Waals surface area contributed by atoms with Crippen molar-refractivity contribution in [3.63, 3.8) is 0 Å². The van der Waals surface area contributed by atoms with Crippen LogP contribution in [0.25, 0.3) is 33.4 Å². The second kappa shape index (κ2) is 9.02. The number of carboxylic acid groups (broad SMARTS) is 1. The first-order valence-corrected chi connectivity index (χ1v) is 11.1. The number of fused-ring (bicyclic) bond motifs is 2. The Hall–Kier alpha value is -4.13. The average molecular weight is 459 g/mol.